The van der Waals surface area contributed by atoms with Crippen LogP contribution in [0.2, 0.25) is 0 Å². The monoisotopic (exact) mass is 435 g/mol. The zero-order chi connectivity index (χ0) is 23.8. The van der Waals surface area contributed by atoms with Crippen LogP contribution in [0.3, 0.4) is 0 Å². The number of hydrogen-bond donors (Lipinski definition) is 1. The van der Waals surface area contributed by atoms with Crippen LogP contribution in [0.1, 0.15) is 38.2 Å². The Morgan fingerprint density at radius 2 is 1.09 bits per heavy atom. The molecule has 0 unspecified atom stereocenters. The van der Waals surface area contributed by atoms with Gasteiger partial charge in [-0.25, -0.2) is 0 Å². The Kier molecular flexibility index (Phi) is 8.34. The molecule has 0 bridgehead atoms. The van der Waals surface area contributed by atoms with E-state index in [1.807, 2.05) is 31.3 Å². The van der Waals surface area contributed by atoms with E-state index >= 15 is 0 Å². The molecule has 2 heteroatoms. The Morgan fingerprint density at radius 3 is 1.52 bits per heavy atom. The maximum atomic E-state index is 10.6. The number of aldehydes is 1. The number of aryl methyl sites for hydroxylation is 2. The average molecular weight is 436 g/mol. The summed E-state index contributed by atoms with van der Waals surface area (Å²) >= 11 is 0. The van der Waals surface area contributed by atoms with Crippen molar-refractivity contribution in [3.05, 3.63) is 118 Å². The molecule has 4 rings (SSSR count). The van der Waals surface area contributed by atoms with Crippen molar-refractivity contribution in [3.8, 4) is 22.3 Å². The van der Waals surface area contributed by atoms with Crippen LogP contribution in [-0.4, -0.2) is 13.3 Å². The van der Waals surface area contributed by atoms with Crippen molar-refractivity contribution in [2.24, 2.45) is 0 Å². The SMILES string of the molecule is CNCc1ccc(-c2cccc(C)c2C)cc1.Cc1cccc(-c2ccc(C=O)cc2)c1C. The molecule has 4 aromatic carbocycles. The first kappa shape index (κ1) is 24.2. The average Bonchev–Trinajstić information content (AvgIpc) is 2.84. The summed E-state index contributed by atoms with van der Waals surface area (Å²) in [4.78, 5) is 10.6. The molecule has 33 heavy (non-hydrogen) atoms. The lowest BCUT2D eigenvalue weighted by Crippen LogP contribution is -2.04. The van der Waals surface area contributed by atoms with Gasteiger partial charge in [-0.1, -0.05) is 84.9 Å². The molecule has 0 fully saturated rings. The van der Waals surface area contributed by atoms with Gasteiger partial charge in [-0.05, 0) is 84.8 Å². The van der Waals surface area contributed by atoms with Gasteiger partial charge in [0.2, 0.25) is 0 Å². The van der Waals surface area contributed by atoms with Crippen LogP contribution < -0.4 is 5.32 Å². The number of carbonyl (C=O) groups excluding carboxylic acids is 1. The second-order valence-electron chi connectivity index (χ2n) is 8.46. The van der Waals surface area contributed by atoms with E-state index in [1.54, 1.807) is 0 Å². The molecule has 4 aromatic rings. The fourth-order valence-electron chi connectivity index (χ4n) is 3.88. The molecule has 0 radical (unpaired) electrons. The van der Waals surface area contributed by atoms with E-state index in [9.17, 15) is 4.79 Å². The van der Waals surface area contributed by atoms with Crippen molar-refractivity contribution in [1.82, 2.24) is 5.32 Å². The van der Waals surface area contributed by atoms with E-state index in [0.29, 0.717) is 5.56 Å². The Labute approximate surface area is 198 Å². The van der Waals surface area contributed by atoms with Crippen molar-refractivity contribution in [1.29, 1.82) is 0 Å². The zero-order valence-electron chi connectivity index (χ0n) is 20.3. The molecule has 0 spiro atoms. The minimum Gasteiger partial charge on any atom is -0.316 e. The Bertz CT molecular complexity index is 1200. The summed E-state index contributed by atoms with van der Waals surface area (Å²) in [5.41, 5.74) is 12.4. The largest absolute Gasteiger partial charge is 0.316 e. The first-order valence-corrected chi connectivity index (χ1v) is 11.4. The van der Waals surface area contributed by atoms with E-state index in [4.69, 9.17) is 0 Å². The third-order valence-electron chi connectivity index (χ3n) is 6.21. The van der Waals surface area contributed by atoms with Gasteiger partial charge < -0.3 is 5.32 Å². The summed E-state index contributed by atoms with van der Waals surface area (Å²) in [7, 11) is 1.97. The van der Waals surface area contributed by atoms with Crippen LogP contribution in [0, 0.1) is 27.7 Å². The molecule has 168 valence electrons. The number of nitrogens with one attached hydrogen (secondary N) is 1. The predicted molar refractivity (Wildman–Crippen MR) is 141 cm³/mol. The summed E-state index contributed by atoms with van der Waals surface area (Å²) in [6, 6.07) is 29.2. The molecule has 0 amide bonds. The molecule has 0 aliphatic rings. The van der Waals surface area contributed by atoms with Crippen molar-refractivity contribution < 1.29 is 4.79 Å². The second kappa shape index (κ2) is 11.4. The first-order chi connectivity index (χ1) is 15.9. The summed E-state index contributed by atoms with van der Waals surface area (Å²) in [5.74, 6) is 0. The molecule has 2 nitrogen and oxygen atoms in total. The quantitative estimate of drug-likeness (QED) is 0.329. The lowest BCUT2D eigenvalue weighted by Gasteiger charge is -2.09. The fourth-order valence-corrected chi connectivity index (χ4v) is 3.88. The summed E-state index contributed by atoms with van der Waals surface area (Å²) in [6.07, 6.45) is 0.868. The number of hydrogen-bond acceptors (Lipinski definition) is 2. The molecule has 0 aromatic heterocycles. The van der Waals surface area contributed by atoms with E-state index in [2.05, 4.69) is 93.7 Å². The van der Waals surface area contributed by atoms with Gasteiger partial charge >= 0.3 is 0 Å². The van der Waals surface area contributed by atoms with E-state index < -0.39 is 0 Å². The van der Waals surface area contributed by atoms with Crippen molar-refractivity contribution in [3.63, 3.8) is 0 Å². The molecule has 0 saturated heterocycles. The minimum atomic E-state index is 0.717. The fraction of sp³-hybridized carbons (Fsp3) is 0.194. The van der Waals surface area contributed by atoms with Gasteiger partial charge in [-0.3, -0.25) is 4.79 Å². The van der Waals surface area contributed by atoms with Crippen LogP contribution >= 0.6 is 0 Å². The van der Waals surface area contributed by atoms with E-state index in [-0.39, 0.29) is 0 Å². The van der Waals surface area contributed by atoms with Gasteiger partial charge in [-0.2, -0.15) is 0 Å². The van der Waals surface area contributed by atoms with Gasteiger partial charge in [0.15, 0.2) is 0 Å². The van der Waals surface area contributed by atoms with Gasteiger partial charge in [0.05, 0.1) is 0 Å². The second-order valence-corrected chi connectivity index (χ2v) is 8.46. The maximum Gasteiger partial charge on any atom is 0.150 e. The van der Waals surface area contributed by atoms with Crippen LogP contribution in [0.5, 0.6) is 0 Å². The molecule has 0 aliphatic carbocycles. The van der Waals surface area contributed by atoms with Crippen LogP contribution in [-0.2, 0) is 6.54 Å². The van der Waals surface area contributed by atoms with Crippen molar-refractivity contribution in [2.75, 3.05) is 7.05 Å². The predicted octanol–water partition coefficient (Wildman–Crippen LogP) is 7.47. The third-order valence-corrected chi connectivity index (χ3v) is 6.21. The number of benzene rings is 4. The molecule has 0 aliphatic heterocycles. The van der Waals surface area contributed by atoms with Crippen molar-refractivity contribution in [2.45, 2.75) is 34.2 Å². The van der Waals surface area contributed by atoms with Gasteiger partial charge in [-0.15, -0.1) is 0 Å². The lowest BCUT2D eigenvalue weighted by molar-refractivity contribution is 0.112. The van der Waals surface area contributed by atoms with E-state index in [1.165, 1.54) is 44.5 Å². The molecular weight excluding hydrogens is 402 g/mol. The molecule has 0 atom stereocenters. The highest BCUT2D eigenvalue weighted by Crippen LogP contribution is 2.26. The molecule has 0 heterocycles. The number of rotatable bonds is 5. The lowest BCUT2D eigenvalue weighted by atomic mass is 9.96. The minimum absolute atomic E-state index is 0.717. The Balaban J connectivity index is 0.000000186. The highest BCUT2D eigenvalue weighted by molar-refractivity contribution is 5.77. The van der Waals surface area contributed by atoms with Gasteiger partial charge in [0, 0.05) is 12.1 Å². The van der Waals surface area contributed by atoms with Gasteiger partial charge in [0.1, 0.15) is 6.29 Å². The molecule has 0 saturated carbocycles. The Morgan fingerprint density at radius 1 is 0.636 bits per heavy atom. The normalized spacial score (nSPS) is 10.3. The summed E-state index contributed by atoms with van der Waals surface area (Å²) in [6.45, 7) is 9.50. The Hall–Kier alpha value is -3.49. The van der Waals surface area contributed by atoms with Crippen LogP contribution in [0.15, 0.2) is 84.9 Å². The molecular formula is C31H33NO. The van der Waals surface area contributed by atoms with Crippen molar-refractivity contribution >= 4 is 6.29 Å². The molecule has 1 N–H and O–H groups in total. The first-order valence-electron chi connectivity index (χ1n) is 11.4. The standard InChI is InChI=1S/C16H19N.C15H14O/c1-12-5-4-6-16(13(12)2)15-9-7-14(8-10-15)11-17-3;1-11-4-3-5-15(12(11)2)14-8-6-13(10-16)7-9-14/h4-10,17H,11H2,1-3H3;3-10H,1-2H3. The topological polar surface area (TPSA) is 29.1 Å². The number of carbonyl (C=O) groups is 1. The highest BCUT2D eigenvalue weighted by atomic mass is 16.1. The smallest absolute Gasteiger partial charge is 0.150 e. The maximum absolute atomic E-state index is 10.6. The van der Waals surface area contributed by atoms with Gasteiger partial charge in [0.25, 0.3) is 0 Å². The summed E-state index contributed by atoms with van der Waals surface area (Å²) in [5, 5.41) is 3.16. The van der Waals surface area contributed by atoms with Crippen LogP contribution in [0.4, 0.5) is 0 Å². The third kappa shape index (κ3) is 6.06. The van der Waals surface area contributed by atoms with Crippen LogP contribution in [0.25, 0.3) is 22.3 Å². The highest BCUT2D eigenvalue weighted by Gasteiger charge is 2.04. The summed E-state index contributed by atoms with van der Waals surface area (Å²) < 4.78 is 0. The van der Waals surface area contributed by atoms with E-state index in [0.717, 1.165) is 18.4 Å². The zero-order valence-corrected chi connectivity index (χ0v) is 20.3.